The average molecular weight is 257 g/mol. The summed E-state index contributed by atoms with van der Waals surface area (Å²) < 4.78 is 10.3. The summed E-state index contributed by atoms with van der Waals surface area (Å²) in [4.78, 5) is 24.9. The van der Waals surface area contributed by atoms with Crippen molar-refractivity contribution in [3.63, 3.8) is 0 Å². The van der Waals surface area contributed by atoms with Gasteiger partial charge in [-0.2, -0.15) is 0 Å². The standard InChI is InChI=1S/C13H23NO4/c1-3-14(10-12-6-5-7-18-12)9-11(15)8-13(16)17-4-2/h12H,3-10H2,1-2H3. The zero-order valence-corrected chi connectivity index (χ0v) is 11.3. The topological polar surface area (TPSA) is 55.8 Å². The van der Waals surface area contributed by atoms with Crippen LogP contribution in [0.5, 0.6) is 0 Å². The molecule has 0 aromatic heterocycles. The fraction of sp³-hybridized carbons (Fsp3) is 0.846. The number of carbonyl (C=O) groups is 2. The van der Waals surface area contributed by atoms with E-state index in [0.717, 1.165) is 32.5 Å². The van der Waals surface area contributed by atoms with Gasteiger partial charge in [0.25, 0.3) is 0 Å². The van der Waals surface area contributed by atoms with Crippen molar-refractivity contribution < 1.29 is 19.1 Å². The third-order valence-corrected chi connectivity index (χ3v) is 2.98. The molecule has 0 aliphatic carbocycles. The molecule has 1 aliphatic rings. The summed E-state index contributed by atoms with van der Waals surface area (Å²) in [5, 5.41) is 0. The van der Waals surface area contributed by atoms with Gasteiger partial charge in [-0.05, 0) is 26.3 Å². The molecule has 1 saturated heterocycles. The predicted molar refractivity (Wildman–Crippen MR) is 67.3 cm³/mol. The first-order valence-corrected chi connectivity index (χ1v) is 6.67. The first-order valence-electron chi connectivity index (χ1n) is 6.67. The van der Waals surface area contributed by atoms with E-state index in [1.54, 1.807) is 6.92 Å². The highest BCUT2D eigenvalue weighted by Gasteiger charge is 2.20. The summed E-state index contributed by atoms with van der Waals surface area (Å²) in [5.74, 6) is -0.524. The third-order valence-electron chi connectivity index (χ3n) is 2.98. The van der Waals surface area contributed by atoms with E-state index in [0.29, 0.717) is 13.2 Å². The molecule has 1 unspecified atom stereocenters. The predicted octanol–water partition coefficient (Wildman–Crippen LogP) is 1.01. The Hall–Kier alpha value is -0.940. The Bertz CT molecular complexity index is 274. The maximum Gasteiger partial charge on any atom is 0.313 e. The minimum atomic E-state index is -0.435. The van der Waals surface area contributed by atoms with Gasteiger partial charge in [0.2, 0.25) is 0 Å². The summed E-state index contributed by atoms with van der Waals surface area (Å²) in [7, 11) is 0. The average Bonchev–Trinajstić information content (AvgIpc) is 2.81. The molecule has 0 N–H and O–H groups in total. The van der Waals surface area contributed by atoms with Crippen LogP contribution >= 0.6 is 0 Å². The van der Waals surface area contributed by atoms with Crippen LogP contribution < -0.4 is 0 Å². The molecule has 0 radical (unpaired) electrons. The van der Waals surface area contributed by atoms with Crippen LogP contribution in [0.25, 0.3) is 0 Å². The molecule has 1 rings (SSSR count). The summed E-state index contributed by atoms with van der Waals surface area (Å²) in [6, 6.07) is 0. The molecule has 1 aliphatic heterocycles. The monoisotopic (exact) mass is 257 g/mol. The lowest BCUT2D eigenvalue weighted by atomic mass is 10.2. The quantitative estimate of drug-likeness (QED) is 0.480. The SMILES string of the molecule is CCOC(=O)CC(=O)CN(CC)CC1CCCO1. The normalized spacial score (nSPS) is 19.2. The second-order valence-corrected chi connectivity index (χ2v) is 4.48. The molecule has 1 atom stereocenters. The number of hydrogen-bond acceptors (Lipinski definition) is 5. The zero-order chi connectivity index (χ0) is 13.4. The molecule has 5 nitrogen and oxygen atoms in total. The lowest BCUT2D eigenvalue weighted by Gasteiger charge is -2.22. The molecule has 0 saturated carbocycles. The maximum atomic E-state index is 11.7. The van der Waals surface area contributed by atoms with Crippen LogP contribution in [0.4, 0.5) is 0 Å². The molecule has 5 heteroatoms. The number of nitrogens with zero attached hydrogens (tertiary/aromatic N) is 1. The van der Waals surface area contributed by atoms with Crippen molar-refractivity contribution in [2.45, 2.75) is 39.2 Å². The number of ketones is 1. The number of ether oxygens (including phenoxy) is 2. The Labute approximate surface area is 108 Å². The first-order chi connectivity index (χ1) is 8.65. The summed E-state index contributed by atoms with van der Waals surface area (Å²) in [6.07, 6.45) is 2.26. The number of Topliss-reactive ketones (excluding diaryl/α,β-unsaturated/α-hetero) is 1. The van der Waals surface area contributed by atoms with Crippen LogP contribution in [0.15, 0.2) is 0 Å². The summed E-state index contributed by atoms with van der Waals surface area (Å²) in [6.45, 7) is 6.73. The second kappa shape index (κ2) is 8.21. The summed E-state index contributed by atoms with van der Waals surface area (Å²) >= 11 is 0. The van der Waals surface area contributed by atoms with Gasteiger partial charge in [-0.25, -0.2) is 0 Å². The maximum absolute atomic E-state index is 11.7. The largest absolute Gasteiger partial charge is 0.466 e. The number of rotatable bonds is 8. The molecule has 1 fully saturated rings. The molecule has 0 bridgehead atoms. The third kappa shape index (κ3) is 5.60. The van der Waals surface area contributed by atoms with E-state index in [1.807, 2.05) is 11.8 Å². The van der Waals surface area contributed by atoms with Crippen molar-refractivity contribution in [2.75, 3.05) is 32.8 Å². The van der Waals surface area contributed by atoms with Crippen LogP contribution in [0.2, 0.25) is 0 Å². The van der Waals surface area contributed by atoms with E-state index in [1.165, 1.54) is 0 Å². The number of carbonyl (C=O) groups excluding carboxylic acids is 2. The highest BCUT2D eigenvalue weighted by atomic mass is 16.5. The van der Waals surface area contributed by atoms with Crippen LogP contribution in [0, 0.1) is 0 Å². The molecule has 1 heterocycles. The Balaban J connectivity index is 2.28. The minimum Gasteiger partial charge on any atom is -0.466 e. The highest BCUT2D eigenvalue weighted by Crippen LogP contribution is 2.13. The van der Waals surface area contributed by atoms with E-state index in [2.05, 4.69) is 0 Å². The van der Waals surface area contributed by atoms with Gasteiger partial charge in [-0.15, -0.1) is 0 Å². The fourth-order valence-electron chi connectivity index (χ4n) is 2.06. The Kier molecular flexibility index (Phi) is 6.90. The second-order valence-electron chi connectivity index (χ2n) is 4.48. The van der Waals surface area contributed by atoms with E-state index in [9.17, 15) is 9.59 Å². The van der Waals surface area contributed by atoms with Gasteiger partial charge in [-0.3, -0.25) is 14.5 Å². The van der Waals surface area contributed by atoms with Crippen LogP contribution in [-0.2, 0) is 19.1 Å². The van der Waals surface area contributed by atoms with E-state index >= 15 is 0 Å². The van der Waals surface area contributed by atoms with Crippen molar-refractivity contribution in [1.82, 2.24) is 4.90 Å². The highest BCUT2D eigenvalue weighted by molar-refractivity contribution is 5.96. The van der Waals surface area contributed by atoms with Crippen molar-refractivity contribution >= 4 is 11.8 Å². The van der Waals surface area contributed by atoms with E-state index in [-0.39, 0.29) is 18.3 Å². The lowest BCUT2D eigenvalue weighted by Crippen LogP contribution is -2.36. The van der Waals surface area contributed by atoms with Crippen molar-refractivity contribution in [1.29, 1.82) is 0 Å². The minimum absolute atomic E-state index is 0.0895. The van der Waals surface area contributed by atoms with Gasteiger partial charge in [0.15, 0.2) is 5.78 Å². The van der Waals surface area contributed by atoms with Crippen LogP contribution in [-0.4, -0.2) is 55.6 Å². The smallest absolute Gasteiger partial charge is 0.313 e. The Morgan fingerprint density at radius 1 is 1.39 bits per heavy atom. The van der Waals surface area contributed by atoms with Crippen molar-refractivity contribution in [2.24, 2.45) is 0 Å². The van der Waals surface area contributed by atoms with Gasteiger partial charge in [0.1, 0.15) is 6.42 Å². The molecule has 104 valence electrons. The van der Waals surface area contributed by atoms with Gasteiger partial charge in [0, 0.05) is 13.2 Å². The first kappa shape index (κ1) is 15.1. The fourth-order valence-corrected chi connectivity index (χ4v) is 2.06. The lowest BCUT2D eigenvalue weighted by molar-refractivity contribution is -0.145. The van der Waals surface area contributed by atoms with E-state index in [4.69, 9.17) is 9.47 Å². The molecule has 0 aromatic carbocycles. The van der Waals surface area contributed by atoms with E-state index < -0.39 is 5.97 Å². The zero-order valence-electron chi connectivity index (χ0n) is 11.3. The molecule has 0 amide bonds. The van der Waals surface area contributed by atoms with Gasteiger partial charge in [0.05, 0.1) is 19.3 Å². The van der Waals surface area contributed by atoms with Gasteiger partial charge < -0.3 is 9.47 Å². The van der Waals surface area contributed by atoms with Gasteiger partial charge >= 0.3 is 5.97 Å². The molecule has 0 aromatic rings. The molecular weight excluding hydrogens is 234 g/mol. The molecular formula is C13H23NO4. The van der Waals surface area contributed by atoms with Crippen molar-refractivity contribution in [3.8, 4) is 0 Å². The molecule has 0 spiro atoms. The van der Waals surface area contributed by atoms with Gasteiger partial charge in [-0.1, -0.05) is 6.92 Å². The van der Waals surface area contributed by atoms with Crippen molar-refractivity contribution in [3.05, 3.63) is 0 Å². The Morgan fingerprint density at radius 3 is 2.72 bits per heavy atom. The van der Waals surface area contributed by atoms with Crippen LogP contribution in [0.3, 0.4) is 0 Å². The number of likely N-dealkylation sites (N-methyl/N-ethyl adjacent to an activating group) is 1. The molecule has 18 heavy (non-hydrogen) atoms. The Morgan fingerprint density at radius 2 is 2.17 bits per heavy atom. The summed E-state index contributed by atoms with van der Waals surface area (Å²) in [5.41, 5.74) is 0. The number of esters is 1. The number of hydrogen-bond donors (Lipinski definition) is 0. The van der Waals surface area contributed by atoms with Crippen LogP contribution in [0.1, 0.15) is 33.1 Å².